The monoisotopic (exact) mass is 341 g/mol. The Morgan fingerprint density at radius 2 is 1.80 bits per heavy atom. The summed E-state index contributed by atoms with van der Waals surface area (Å²) in [5.74, 6) is 0.327. The Hall–Kier alpha value is -1.84. The Bertz CT molecular complexity index is 669. The van der Waals surface area contributed by atoms with Gasteiger partial charge in [-0.05, 0) is 61.5 Å². The fourth-order valence-corrected chi connectivity index (χ4v) is 5.12. The van der Waals surface area contributed by atoms with Crippen LogP contribution in [0.5, 0.6) is 0 Å². The van der Waals surface area contributed by atoms with Crippen molar-refractivity contribution in [3.8, 4) is 0 Å². The lowest BCUT2D eigenvalue weighted by atomic mass is 9.88. The van der Waals surface area contributed by atoms with E-state index in [4.69, 9.17) is 0 Å². The maximum Gasteiger partial charge on any atom is 0.335 e. The van der Waals surface area contributed by atoms with E-state index in [1.807, 2.05) is 12.1 Å². The minimum Gasteiger partial charge on any atom is -0.478 e. The zero-order chi connectivity index (χ0) is 17.4. The zero-order valence-electron chi connectivity index (χ0n) is 14.7. The van der Waals surface area contributed by atoms with E-state index in [1.165, 1.54) is 25.7 Å². The molecule has 1 aliphatic heterocycles. The van der Waals surface area contributed by atoms with Crippen molar-refractivity contribution >= 4 is 11.9 Å². The van der Waals surface area contributed by atoms with E-state index in [9.17, 15) is 14.7 Å². The van der Waals surface area contributed by atoms with Crippen LogP contribution in [0.15, 0.2) is 24.3 Å². The maximum atomic E-state index is 12.8. The fourth-order valence-electron chi connectivity index (χ4n) is 5.12. The first kappa shape index (κ1) is 16.6. The number of likely N-dealkylation sites (tertiary alicyclic amines) is 1. The van der Waals surface area contributed by atoms with Gasteiger partial charge in [-0.25, -0.2) is 4.79 Å². The maximum absolute atomic E-state index is 12.8. The number of nitrogens with zero attached hydrogens (tertiary/aromatic N) is 1. The predicted octanol–water partition coefficient (Wildman–Crippen LogP) is 3.75. The number of hydrogen-bond donors (Lipinski definition) is 1. The van der Waals surface area contributed by atoms with Crippen molar-refractivity contribution in [2.75, 3.05) is 13.1 Å². The Morgan fingerprint density at radius 1 is 1.12 bits per heavy atom. The molecule has 1 spiro atoms. The van der Waals surface area contributed by atoms with Gasteiger partial charge in [-0.15, -0.1) is 0 Å². The van der Waals surface area contributed by atoms with Gasteiger partial charge in [0.25, 0.3) is 0 Å². The summed E-state index contributed by atoms with van der Waals surface area (Å²) in [6.45, 7) is 1.68. The standard InChI is InChI=1S/C21H27NO3/c23-19(18-14-21(18)9-3-4-10-21)22-11-7-15(8-12-22)13-16-5-1-2-6-17(16)20(24)25/h1-2,5-6,15,18H,3-4,7-14H2,(H,24,25). The van der Waals surface area contributed by atoms with Crippen molar-refractivity contribution < 1.29 is 14.7 Å². The molecule has 134 valence electrons. The summed E-state index contributed by atoms with van der Waals surface area (Å²) in [7, 11) is 0. The highest BCUT2D eigenvalue weighted by molar-refractivity contribution is 5.89. The number of piperidine rings is 1. The summed E-state index contributed by atoms with van der Waals surface area (Å²) in [4.78, 5) is 26.2. The smallest absolute Gasteiger partial charge is 0.335 e. The van der Waals surface area contributed by atoms with E-state index >= 15 is 0 Å². The highest BCUT2D eigenvalue weighted by Crippen LogP contribution is 2.63. The Balaban J connectivity index is 1.32. The van der Waals surface area contributed by atoms with E-state index < -0.39 is 5.97 Å². The molecule has 1 aromatic rings. The largest absolute Gasteiger partial charge is 0.478 e. The minimum atomic E-state index is -0.848. The van der Waals surface area contributed by atoms with Crippen LogP contribution in [-0.2, 0) is 11.2 Å². The van der Waals surface area contributed by atoms with Crippen LogP contribution in [0.2, 0.25) is 0 Å². The van der Waals surface area contributed by atoms with Gasteiger partial charge in [0.15, 0.2) is 0 Å². The SMILES string of the molecule is O=C(O)c1ccccc1CC1CCN(C(=O)C2CC23CCCC3)CC1. The van der Waals surface area contributed by atoms with Gasteiger partial charge in [-0.1, -0.05) is 31.0 Å². The number of aromatic carboxylic acids is 1. The van der Waals surface area contributed by atoms with Crippen LogP contribution in [0.1, 0.15) is 60.9 Å². The van der Waals surface area contributed by atoms with Gasteiger partial charge in [0.1, 0.15) is 0 Å². The molecule has 1 unspecified atom stereocenters. The molecule has 0 radical (unpaired) electrons. The van der Waals surface area contributed by atoms with Gasteiger partial charge in [-0.2, -0.15) is 0 Å². The number of carboxylic acids is 1. The van der Waals surface area contributed by atoms with Crippen molar-refractivity contribution in [1.29, 1.82) is 0 Å². The first-order chi connectivity index (χ1) is 12.1. The molecule has 4 heteroatoms. The lowest BCUT2D eigenvalue weighted by Gasteiger charge is -2.33. The normalized spacial score (nSPS) is 25.3. The highest BCUT2D eigenvalue weighted by Gasteiger charge is 2.59. The molecule has 2 aliphatic carbocycles. The molecule has 0 bridgehead atoms. The summed E-state index contributed by atoms with van der Waals surface area (Å²) in [6.07, 6.45) is 9.01. The quantitative estimate of drug-likeness (QED) is 0.907. The second-order valence-electron chi connectivity index (χ2n) is 8.26. The lowest BCUT2D eigenvalue weighted by Crippen LogP contribution is -2.40. The second kappa shape index (κ2) is 6.47. The minimum absolute atomic E-state index is 0.305. The Kier molecular flexibility index (Phi) is 4.30. The van der Waals surface area contributed by atoms with E-state index in [2.05, 4.69) is 4.90 Å². The first-order valence-electron chi connectivity index (χ1n) is 9.69. The molecule has 0 aromatic heterocycles. The van der Waals surface area contributed by atoms with Crippen LogP contribution in [0, 0.1) is 17.3 Å². The molecule has 1 heterocycles. The van der Waals surface area contributed by atoms with Crippen LogP contribution in [0.25, 0.3) is 0 Å². The average Bonchev–Trinajstić information content (AvgIpc) is 3.11. The molecule has 4 nitrogen and oxygen atoms in total. The fraction of sp³-hybridized carbons (Fsp3) is 0.619. The summed E-state index contributed by atoms with van der Waals surface area (Å²) in [5, 5.41) is 9.33. The van der Waals surface area contributed by atoms with Crippen LogP contribution in [0.4, 0.5) is 0 Å². The topological polar surface area (TPSA) is 57.6 Å². The molecule has 1 N–H and O–H groups in total. The lowest BCUT2D eigenvalue weighted by molar-refractivity contribution is -0.134. The zero-order valence-corrected chi connectivity index (χ0v) is 14.7. The highest BCUT2D eigenvalue weighted by atomic mass is 16.4. The van der Waals surface area contributed by atoms with Gasteiger partial charge in [0.05, 0.1) is 5.56 Å². The van der Waals surface area contributed by atoms with Crippen molar-refractivity contribution in [1.82, 2.24) is 4.90 Å². The van der Waals surface area contributed by atoms with Gasteiger partial charge in [-0.3, -0.25) is 4.79 Å². The molecule has 1 atom stereocenters. The molecular weight excluding hydrogens is 314 g/mol. The molecule has 3 aliphatic rings. The van der Waals surface area contributed by atoms with Gasteiger partial charge < -0.3 is 10.0 Å². The van der Waals surface area contributed by atoms with Crippen LogP contribution in [-0.4, -0.2) is 35.0 Å². The van der Waals surface area contributed by atoms with E-state index in [0.717, 1.165) is 44.3 Å². The molecule has 25 heavy (non-hydrogen) atoms. The summed E-state index contributed by atoms with van der Waals surface area (Å²) < 4.78 is 0. The van der Waals surface area contributed by atoms with E-state index in [1.54, 1.807) is 12.1 Å². The van der Waals surface area contributed by atoms with Crippen LogP contribution in [0.3, 0.4) is 0 Å². The van der Waals surface area contributed by atoms with Gasteiger partial charge >= 0.3 is 5.97 Å². The number of carbonyl (C=O) groups is 2. The third-order valence-corrected chi connectivity index (χ3v) is 6.77. The molecule has 3 fully saturated rings. The molecular formula is C21H27NO3. The number of amides is 1. The average molecular weight is 341 g/mol. The number of rotatable bonds is 4. The number of hydrogen-bond acceptors (Lipinski definition) is 2. The van der Waals surface area contributed by atoms with Crippen molar-refractivity contribution in [2.24, 2.45) is 17.3 Å². The Labute approximate surface area is 149 Å². The predicted molar refractivity (Wildman–Crippen MR) is 95.4 cm³/mol. The summed E-state index contributed by atoms with van der Waals surface area (Å²) >= 11 is 0. The third kappa shape index (κ3) is 3.19. The van der Waals surface area contributed by atoms with E-state index in [-0.39, 0.29) is 0 Å². The number of carbonyl (C=O) groups excluding carboxylic acids is 1. The summed E-state index contributed by atoms with van der Waals surface area (Å²) in [5.41, 5.74) is 1.72. The first-order valence-corrected chi connectivity index (χ1v) is 9.69. The number of carboxylic acid groups (broad SMARTS) is 1. The summed E-state index contributed by atoms with van der Waals surface area (Å²) in [6, 6.07) is 7.30. The molecule has 1 saturated heterocycles. The molecule has 1 amide bonds. The van der Waals surface area contributed by atoms with Crippen molar-refractivity contribution in [2.45, 2.75) is 51.4 Å². The number of benzene rings is 1. The molecule has 1 aromatic carbocycles. The molecule has 2 saturated carbocycles. The van der Waals surface area contributed by atoms with E-state index in [0.29, 0.717) is 28.7 Å². The third-order valence-electron chi connectivity index (χ3n) is 6.77. The Morgan fingerprint density at radius 3 is 2.48 bits per heavy atom. The van der Waals surface area contributed by atoms with Crippen molar-refractivity contribution in [3.05, 3.63) is 35.4 Å². The van der Waals surface area contributed by atoms with Crippen molar-refractivity contribution in [3.63, 3.8) is 0 Å². The van der Waals surface area contributed by atoms with Gasteiger partial charge in [0, 0.05) is 19.0 Å². The van der Waals surface area contributed by atoms with Crippen LogP contribution >= 0.6 is 0 Å². The van der Waals surface area contributed by atoms with Gasteiger partial charge in [0.2, 0.25) is 5.91 Å². The second-order valence-corrected chi connectivity index (χ2v) is 8.26. The van der Waals surface area contributed by atoms with Crippen LogP contribution < -0.4 is 0 Å². The molecule has 4 rings (SSSR count).